The fourth-order valence-electron chi connectivity index (χ4n) is 2.31. The molecule has 0 bridgehead atoms. The molecule has 0 aromatic rings. The van der Waals surface area contributed by atoms with Crippen molar-refractivity contribution >= 4 is 6.03 Å². The van der Waals surface area contributed by atoms with Crippen LogP contribution in [-0.2, 0) is 0 Å². The van der Waals surface area contributed by atoms with Crippen molar-refractivity contribution in [3.8, 4) is 12.3 Å². The van der Waals surface area contributed by atoms with Gasteiger partial charge in [0.1, 0.15) is 0 Å². The number of nitrogens with zero attached hydrogens (tertiary/aromatic N) is 1. The number of rotatable bonds is 8. The summed E-state index contributed by atoms with van der Waals surface area (Å²) in [4.78, 5) is 14.0. The Bertz CT molecular complexity index is 511. The van der Waals surface area contributed by atoms with E-state index >= 15 is 0 Å². The molecule has 1 aliphatic rings. The molecule has 4 heteroatoms. The van der Waals surface area contributed by atoms with Crippen LogP contribution >= 0.6 is 0 Å². The van der Waals surface area contributed by atoms with Gasteiger partial charge in [0.05, 0.1) is 6.54 Å². The highest BCUT2D eigenvalue weighted by Crippen LogP contribution is 2.10. The molecule has 0 radical (unpaired) electrons. The van der Waals surface area contributed by atoms with Crippen LogP contribution in [0, 0.1) is 18.3 Å². The van der Waals surface area contributed by atoms with E-state index in [1.54, 1.807) is 4.90 Å². The molecule has 23 heavy (non-hydrogen) atoms. The van der Waals surface area contributed by atoms with Crippen LogP contribution in [0.2, 0.25) is 0 Å². The van der Waals surface area contributed by atoms with E-state index in [0.717, 1.165) is 25.0 Å². The first-order valence-electron chi connectivity index (χ1n) is 8.26. The van der Waals surface area contributed by atoms with Crippen LogP contribution in [-0.4, -0.2) is 44.2 Å². The first-order chi connectivity index (χ1) is 11.1. The van der Waals surface area contributed by atoms with Crippen LogP contribution < -0.4 is 10.6 Å². The van der Waals surface area contributed by atoms with Crippen molar-refractivity contribution in [1.29, 1.82) is 0 Å². The number of carbonyl (C=O) groups is 1. The van der Waals surface area contributed by atoms with Crippen LogP contribution in [0.3, 0.4) is 0 Å². The van der Waals surface area contributed by atoms with Crippen molar-refractivity contribution in [3.63, 3.8) is 0 Å². The zero-order valence-corrected chi connectivity index (χ0v) is 14.6. The number of carbonyl (C=O) groups excluding carboxylic acids is 1. The summed E-state index contributed by atoms with van der Waals surface area (Å²) in [6.45, 7) is 6.67. The fraction of sp³-hybridized carbons (Fsp3) is 0.526. The lowest BCUT2D eigenvalue weighted by atomic mass is 10.1. The van der Waals surface area contributed by atoms with Crippen LogP contribution in [0.1, 0.15) is 26.7 Å². The van der Waals surface area contributed by atoms with Crippen molar-refractivity contribution in [2.24, 2.45) is 5.92 Å². The van der Waals surface area contributed by atoms with Gasteiger partial charge in [-0.25, -0.2) is 4.79 Å². The van der Waals surface area contributed by atoms with Crippen molar-refractivity contribution in [2.75, 3.05) is 33.2 Å². The summed E-state index contributed by atoms with van der Waals surface area (Å²) in [7, 11) is 1.94. The van der Waals surface area contributed by atoms with Gasteiger partial charge in [-0.05, 0) is 25.0 Å². The van der Waals surface area contributed by atoms with Gasteiger partial charge < -0.3 is 15.5 Å². The molecular formula is C19H29N3O. The topological polar surface area (TPSA) is 44.4 Å². The van der Waals surface area contributed by atoms with E-state index < -0.39 is 0 Å². The molecule has 4 nitrogen and oxygen atoms in total. The number of hydrogen-bond acceptors (Lipinski definition) is 2. The third-order valence-electron chi connectivity index (χ3n) is 3.89. The smallest absolute Gasteiger partial charge is 0.318 e. The quantitative estimate of drug-likeness (QED) is 0.677. The van der Waals surface area contributed by atoms with E-state index in [4.69, 9.17) is 6.42 Å². The van der Waals surface area contributed by atoms with Gasteiger partial charge in [0.2, 0.25) is 0 Å². The molecular weight excluding hydrogens is 286 g/mol. The minimum atomic E-state index is -0.0961. The van der Waals surface area contributed by atoms with E-state index in [2.05, 4.69) is 54.7 Å². The van der Waals surface area contributed by atoms with Crippen molar-refractivity contribution < 1.29 is 4.79 Å². The maximum atomic E-state index is 12.3. The van der Waals surface area contributed by atoms with E-state index in [1.807, 2.05) is 7.05 Å². The minimum absolute atomic E-state index is 0.0961. The lowest BCUT2D eigenvalue weighted by Crippen LogP contribution is -2.42. The van der Waals surface area contributed by atoms with Gasteiger partial charge in [-0.3, -0.25) is 0 Å². The maximum absolute atomic E-state index is 12.3. The summed E-state index contributed by atoms with van der Waals surface area (Å²) < 4.78 is 0. The zero-order chi connectivity index (χ0) is 17.1. The summed E-state index contributed by atoms with van der Waals surface area (Å²) in [6.07, 6.45) is 15.7. The van der Waals surface area contributed by atoms with Gasteiger partial charge in [-0.2, -0.15) is 0 Å². The Morgan fingerprint density at radius 2 is 2.22 bits per heavy atom. The SMILES string of the molecule is C#CCN(CC(C)CC)C(=O)NCC1=CC=C(CNC)CC=C1. The fourth-order valence-corrected chi connectivity index (χ4v) is 2.31. The van der Waals surface area contributed by atoms with Crippen LogP contribution in [0.15, 0.2) is 35.5 Å². The second-order valence-electron chi connectivity index (χ2n) is 5.96. The standard InChI is InChI=1S/C19H29N3O/c1-5-12-22(15-16(3)6-2)19(23)21-14-18-9-7-8-17(10-11-18)13-20-4/h1,7,9-11,16,20H,6,8,12-15H2,2-4H3,(H,21,23). The predicted octanol–water partition coefficient (Wildman–Crippen LogP) is 2.71. The van der Waals surface area contributed by atoms with Crippen LogP contribution in [0.25, 0.3) is 0 Å². The van der Waals surface area contributed by atoms with Crippen molar-refractivity contribution in [1.82, 2.24) is 15.5 Å². The summed E-state index contributed by atoms with van der Waals surface area (Å²) >= 11 is 0. The third-order valence-corrected chi connectivity index (χ3v) is 3.89. The van der Waals surface area contributed by atoms with E-state index in [1.165, 1.54) is 5.57 Å². The third kappa shape index (κ3) is 7.21. The Morgan fingerprint density at radius 1 is 1.43 bits per heavy atom. The number of likely N-dealkylation sites (N-methyl/N-ethyl adjacent to an activating group) is 1. The molecule has 0 saturated heterocycles. The monoisotopic (exact) mass is 315 g/mol. The van der Waals surface area contributed by atoms with Gasteiger partial charge in [0, 0.05) is 19.6 Å². The highest BCUT2D eigenvalue weighted by atomic mass is 16.2. The highest BCUT2D eigenvalue weighted by molar-refractivity contribution is 5.75. The molecule has 1 atom stereocenters. The lowest BCUT2D eigenvalue weighted by molar-refractivity contribution is 0.197. The average molecular weight is 315 g/mol. The Balaban J connectivity index is 2.57. The molecule has 126 valence electrons. The van der Waals surface area contributed by atoms with Crippen LogP contribution in [0.5, 0.6) is 0 Å². The summed E-state index contributed by atoms with van der Waals surface area (Å²) in [6, 6.07) is -0.0961. The molecule has 0 aromatic carbocycles. The Morgan fingerprint density at radius 3 is 2.87 bits per heavy atom. The van der Waals surface area contributed by atoms with Gasteiger partial charge in [0.15, 0.2) is 0 Å². The number of hydrogen-bond donors (Lipinski definition) is 2. The second kappa shape index (κ2) is 10.7. The number of nitrogens with one attached hydrogen (secondary N) is 2. The minimum Gasteiger partial charge on any atom is -0.334 e. The molecule has 0 heterocycles. The average Bonchev–Trinajstić information content (AvgIpc) is 2.77. The molecule has 0 saturated carbocycles. The molecule has 0 aromatic heterocycles. The Hall–Kier alpha value is -1.99. The largest absolute Gasteiger partial charge is 0.334 e. The normalized spacial score (nSPS) is 15.0. The van der Waals surface area contributed by atoms with Crippen molar-refractivity contribution in [3.05, 3.63) is 35.5 Å². The Kier molecular flexibility index (Phi) is 8.86. The van der Waals surface area contributed by atoms with E-state index in [9.17, 15) is 4.79 Å². The van der Waals surface area contributed by atoms with E-state index in [0.29, 0.717) is 25.6 Å². The molecule has 1 rings (SSSR count). The van der Waals surface area contributed by atoms with Crippen LogP contribution in [0.4, 0.5) is 4.79 Å². The zero-order valence-electron chi connectivity index (χ0n) is 14.6. The molecule has 1 aliphatic carbocycles. The second-order valence-corrected chi connectivity index (χ2v) is 5.96. The summed E-state index contributed by atoms with van der Waals surface area (Å²) in [5.41, 5.74) is 2.42. The van der Waals surface area contributed by atoms with Gasteiger partial charge in [-0.15, -0.1) is 6.42 Å². The van der Waals surface area contributed by atoms with Crippen molar-refractivity contribution in [2.45, 2.75) is 26.7 Å². The lowest BCUT2D eigenvalue weighted by Gasteiger charge is -2.24. The molecule has 0 spiro atoms. The molecule has 1 unspecified atom stereocenters. The van der Waals surface area contributed by atoms with Gasteiger partial charge in [0.25, 0.3) is 0 Å². The summed E-state index contributed by atoms with van der Waals surface area (Å²) in [5.74, 6) is 3.01. The van der Waals surface area contributed by atoms with Gasteiger partial charge >= 0.3 is 6.03 Å². The molecule has 0 aliphatic heterocycles. The maximum Gasteiger partial charge on any atom is 0.318 e. The predicted molar refractivity (Wildman–Crippen MR) is 97.1 cm³/mol. The number of terminal acetylenes is 1. The highest BCUT2D eigenvalue weighted by Gasteiger charge is 2.14. The first kappa shape index (κ1) is 19.1. The summed E-state index contributed by atoms with van der Waals surface area (Å²) in [5, 5.41) is 6.12. The number of urea groups is 1. The molecule has 2 N–H and O–H groups in total. The van der Waals surface area contributed by atoms with E-state index in [-0.39, 0.29) is 6.03 Å². The number of allylic oxidation sites excluding steroid dienone is 3. The molecule has 0 fully saturated rings. The number of amides is 2. The first-order valence-corrected chi connectivity index (χ1v) is 8.26. The Labute approximate surface area is 140 Å². The van der Waals surface area contributed by atoms with Gasteiger partial charge in [-0.1, -0.05) is 56.1 Å². The molecule has 2 amide bonds.